The van der Waals surface area contributed by atoms with E-state index in [1.165, 1.54) is 11.3 Å². The molecule has 3 aromatic heterocycles. The van der Waals surface area contributed by atoms with E-state index in [9.17, 15) is 9.18 Å². The lowest BCUT2D eigenvalue weighted by Gasteiger charge is -2.32. The zero-order valence-electron chi connectivity index (χ0n) is 17.1. The normalized spacial score (nSPS) is 18.5. The fourth-order valence-electron chi connectivity index (χ4n) is 3.83. The van der Waals surface area contributed by atoms with Crippen LogP contribution >= 0.6 is 11.3 Å². The molecule has 2 atom stereocenters. The first-order valence-electron chi connectivity index (χ1n) is 10.1. The number of carbonyl (C=O) groups excluding carboxylic acids is 1. The molecule has 1 fully saturated rings. The van der Waals surface area contributed by atoms with Crippen molar-refractivity contribution in [3.05, 3.63) is 47.5 Å². The number of halogens is 1. The summed E-state index contributed by atoms with van der Waals surface area (Å²) in [4.78, 5) is 24.8. The number of hydrogen-bond acceptors (Lipinski definition) is 8. The minimum atomic E-state index is -0.768. The SMILES string of the molecule is CNC1CCCC[C@H]1Nc1nc(Nc2cncc(-c3nccs3)c2)c(C(N)=O)cc1F. The highest BCUT2D eigenvalue weighted by atomic mass is 32.1. The summed E-state index contributed by atoms with van der Waals surface area (Å²) in [6, 6.07) is 3.23. The first-order chi connectivity index (χ1) is 15.0. The Kier molecular flexibility index (Phi) is 6.38. The van der Waals surface area contributed by atoms with Crippen LogP contribution in [-0.4, -0.2) is 40.0 Å². The molecule has 3 aromatic rings. The average molecular weight is 442 g/mol. The van der Waals surface area contributed by atoms with E-state index in [2.05, 4.69) is 30.9 Å². The van der Waals surface area contributed by atoms with E-state index in [1.807, 2.05) is 18.5 Å². The number of likely N-dealkylation sites (N-methyl/N-ethyl adjacent to an activating group) is 1. The smallest absolute Gasteiger partial charge is 0.252 e. The molecule has 4 rings (SSSR count). The maximum absolute atomic E-state index is 14.8. The topological polar surface area (TPSA) is 118 Å². The van der Waals surface area contributed by atoms with Crippen molar-refractivity contribution in [1.29, 1.82) is 0 Å². The summed E-state index contributed by atoms with van der Waals surface area (Å²) in [6.07, 6.45) is 9.13. The van der Waals surface area contributed by atoms with Crippen molar-refractivity contribution in [3.8, 4) is 10.6 Å². The Morgan fingerprint density at radius 3 is 2.71 bits per heavy atom. The largest absolute Gasteiger partial charge is 0.365 e. The number of rotatable bonds is 7. The molecule has 31 heavy (non-hydrogen) atoms. The van der Waals surface area contributed by atoms with Crippen molar-refractivity contribution in [2.75, 3.05) is 17.7 Å². The minimum Gasteiger partial charge on any atom is -0.365 e. The first-order valence-corrected chi connectivity index (χ1v) is 11.0. The molecule has 0 saturated heterocycles. The Bertz CT molecular complexity index is 1060. The van der Waals surface area contributed by atoms with Gasteiger partial charge in [0, 0.05) is 35.4 Å². The number of thiazole rings is 1. The maximum Gasteiger partial charge on any atom is 0.252 e. The Labute approximate surface area is 183 Å². The van der Waals surface area contributed by atoms with Crippen molar-refractivity contribution in [2.45, 2.75) is 37.8 Å². The van der Waals surface area contributed by atoms with Gasteiger partial charge in [-0.05, 0) is 32.0 Å². The predicted molar refractivity (Wildman–Crippen MR) is 120 cm³/mol. The summed E-state index contributed by atoms with van der Waals surface area (Å²) in [5.41, 5.74) is 6.86. The minimum absolute atomic E-state index is 0.0310. The van der Waals surface area contributed by atoms with Gasteiger partial charge in [-0.3, -0.25) is 9.78 Å². The molecule has 1 aliphatic carbocycles. The lowest BCUT2D eigenvalue weighted by Crippen LogP contribution is -2.45. The molecule has 1 aliphatic rings. The van der Waals surface area contributed by atoms with Gasteiger partial charge in [0.25, 0.3) is 5.91 Å². The summed E-state index contributed by atoms with van der Waals surface area (Å²) in [5.74, 6) is -1.13. The van der Waals surface area contributed by atoms with Crippen molar-refractivity contribution >= 4 is 34.6 Å². The van der Waals surface area contributed by atoms with Gasteiger partial charge in [0.05, 0.1) is 17.4 Å². The Morgan fingerprint density at radius 1 is 1.19 bits per heavy atom. The molecule has 0 aromatic carbocycles. The zero-order chi connectivity index (χ0) is 21.8. The highest BCUT2D eigenvalue weighted by molar-refractivity contribution is 7.13. The molecule has 0 radical (unpaired) electrons. The van der Waals surface area contributed by atoms with Crippen LogP contribution in [0.3, 0.4) is 0 Å². The molecule has 1 saturated carbocycles. The van der Waals surface area contributed by atoms with Gasteiger partial charge in [0.1, 0.15) is 10.8 Å². The van der Waals surface area contributed by atoms with Crippen LogP contribution < -0.4 is 21.7 Å². The Hall–Kier alpha value is -3.11. The molecular weight excluding hydrogens is 417 g/mol. The van der Waals surface area contributed by atoms with Gasteiger partial charge in [-0.25, -0.2) is 14.4 Å². The monoisotopic (exact) mass is 441 g/mol. The summed E-state index contributed by atoms with van der Waals surface area (Å²) in [7, 11) is 1.90. The van der Waals surface area contributed by atoms with Crippen LogP contribution in [0.15, 0.2) is 36.1 Å². The molecule has 162 valence electrons. The van der Waals surface area contributed by atoms with Gasteiger partial charge < -0.3 is 21.7 Å². The Balaban J connectivity index is 1.64. The van der Waals surface area contributed by atoms with Gasteiger partial charge in [-0.2, -0.15) is 0 Å². The summed E-state index contributed by atoms with van der Waals surface area (Å²) in [6.45, 7) is 0. The third-order valence-electron chi connectivity index (χ3n) is 5.38. The number of carbonyl (C=O) groups is 1. The van der Waals surface area contributed by atoms with Crippen LogP contribution in [0, 0.1) is 5.82 Å². The third kappa shape index (κ3) is 4.80. The highest BCUT2D eigenvalue weighted by Gasteiger charge is 2.26. The molecule has 1 unspecified atom stereocenters. The molecule has 10 heteroatoms. The van der Waals surface area contributed by atoms with E-state index in [-0.39, 0.29) is 29.3 Å². The molecule has 3 heterocycles. The summed E-state index contributed by atoms with van der Waals surface area (Å²) < 4.78 is 14.8. The van der Waals surface area contributed by atoms with E-state index in [1.54, 1.807) is 18.6 Å². The van der Waals surface area contributed by atoms with Crippen LogP contribution in [0.4, 0.5) is 21.7 Å². The zero-order valence-corrected chi connectivity index (χ0v) is 17.9. The van der Waals surface area contributed by atoms with Gasteiger partial charge in [0.2, 0.25) is 0 Å². The number of anilines is 3. The number of nitrogens with two attached hydrogens (primary N) is 1. The maximum atomic E-state index is 14.8. The van der Waals surface area contributed by atoms with Gasteiger partial charge >= 0.3 is 0 Å². The lowest BCUT2D eigenvalue weighted by molar-refractivity contribution is 0.100. The number of amides is 1. The number of aromatic nitrogens is 3. The molecular formula is C21H24FN7OS. The van der Waals surface area contributed by atoms with Gasteiger partial charge in [-0.1, -0.05) is 12.8 Å². The molecule has 0 spiro atoms. The van der Waals surface area contributed by atoms with Crippen LogP contribution in [0.5, 0.6) is 0 Å². The van der Waals surface area contributed by atoms with Crippen molar-refractivity contribution in [1.82, 2.24) is 20.3 Å². The lowest BCUT2D eigenvalue weighted by atomic mass is 9.90. The fourth-order valence-corrected chi connectivity index (χ4v) is 4.45. The van der Waals surface area contributed by atoms with E-state index < -0.39 is 11.7 Å². The number of nitrogens with one attached hydrogen (secondary N) is 3. The summed E-state index contributed by atoms with van der Waals surface area (Å²) in [5, 5.41) is 12.3. The standard InChI is InChI=1S/C21H24FN7OS/c1-24-16-4-2-3-5-17(16)28-20-15(22)9-14(18(23)30)19(29-20)27-13-8-12(10-25-11-13)21-26-6-7-31-21/h6-11,16-17,24H,2-5H2,1H3,(H2,23,30)(H2,27,28,29)/t16?,17-/m1/s1. The van der Waals surface area contributed by atoms with Gasteiger partial charge in [-0.15, -0.1) is 11.3 Å². The summed E-state index contributed by atoms with van der Waals surface area (Å²) >= 11 is 1.49. The highest BCUT2D eigenvalue weighted by Crippen LogP contribution is 2.29. The molecule has 8 nitrogen and oxygen atoms in total. The molecule has 0 aliphatic heterocycles. The van der Waals surface area contributed by atoms with Crippen LogP contribution in [0.1, 0.15) is 36.0 Å². The Morgan fingerprint density at radius 2 is 2.00 bits per heavy atom. The van der Waals surface area contributed by atoms with Crippen molar-refractivity contribution < 1.29 is 9.18 Å². The first kappa shape index (κ1) is 21.1. The number of pyridine rings is 2. The number of hydrogen-bond donors (Lipinski definition) is 4. The number of nitrogens with zero attached hydrogens (tertiary/aromatic N) is 3. The predicted octanol–water partition coefficient (Wildman–Crippen LogP) is 3.52. The van der Waals surface area contributed by atoms with E-state index >= 15 is 0 Å². The molecule has 1 amide bonds. The molecule has 0 bridgehead atoms. The van der Waals surface area contributed by atoms with E-state index in [0.717, 1.165) is 42.3 Å². The quantitative estimate of drug-likeness (QED) is 0.443. The molecule has 5 N–H and O–H groups in total. The van der Waals surface area contributed by atoms with E-state index in [4.69, 9.17) is 5.73 Å². The second kappa shape index (κ2) is 9.36. The van der Waals surface area contributed by atoms with Crippen LogP contribution in [0.2, 0.25) is 0 Å². The van der Waals surface area contributed by atoms with E-state index in [0.29, 0.717) is 5.69 Å². The second-order valence-electron chi connectivity index (χ2n) is 7.43. The van der Waals surface area contributed by atoms with Crippen molar-refractivity contribution in [2.24, 2.45) is 5.73 Å². The van der Waals surface area contributed by atoms with Crippen LogP contribution in [-0.2, 0) is 0 Å². The van der Waals surface area contributed by atoms with Crippen molar-refractivity contribution in [3.63, 3.8) is 0 Å². The van der Waals surface area contributed by atoms with Crippen LogP contribution in [0.25, 0.3) is 10.6 Å². The van der Waals surface area contributed by atoms with Gasteiger partial charge in [0.15, 0.2) is 11.6 Å². The average Bonchev–Trinajstić information content (AvgIpc) is 3.31. The third-order valence-corrected chi connectivity index (χ3v) is 6.20. The second-order valence-corrected chi connectivity index (χ2v) is 8.33. The number of primary amides is 1. The fraction of sp³-hybridized carbons (Fsp3) is 0.333.